The van der Waals surface area contributed by atoms with Crippen LogP contribution in [-0.2, 0) is 5.41 Å². The average molecular weight is 357 g/mol. The Kier molecular flexibility index (Phi) is 4.64. The van der Waals surface area contributed by atoms with Gasteiger partial charge in [0.15, 0.2) is 11.5 Å². The third kappa shape index (κ3) is 3.32. The van der Waals surface area contributed by atoms with Crippen molar-refractivity contribution in [1.82, 2.24) is 4.90 Å². The zero-order valence-electron chi connectivity index (χ0n) is 16.2. The van der Waals surface area contributed by atoms with Crippen molar-refractivity contribution in [3.05, 3.63) is 35.5 Å². The highest BCUT2D eigenvalue weighted by molar-refractivity contribution is 5.49. The maximum Gasteiger partial charge on any atom is 0.161 e. The Morgan fingerprint density at radius 3 is 2.73 bits per heavy atom. The Morgan fingerprint density at radius 2 is 2.00 bits per heavy atom. The van der Waals surface area contributed by atoms with Crippen LogP contribution in [0.15, 0.2) is 30.0 Å². The van der Waals surface area contributed by atoms with E-state index in [1.54, 1.807) is 0 Å². The van der Waals surface area contributed by atoms with Crippen LogP contribution in [0.3, 0.4) is 0 Å². The van der Waals surface area contributed by atoms with E-state index < -0.39 is 0 Å². The summed E-state index contributed by atoms with van der Waals surface area (Å²) in [6.45, 7) is 5.91. The molecule has 0 amide bonds. The number of likely N-dealkylation sites (tertiary alicyclic amines) is 1. The third-order valence-corrected chi connectivity index (χ3v) is 6.02. The molecule has 1 aromatic rings. The van der Waals surface area contributed by atoms with Gasteiger partial charge in [-0.3, -0.25) is 0 Å². The van der Waals surface area contributed by atoms with Gasteiger partial charge in [-0.2, -0.15) is 0 Å². The first kappa shape index (κ1) is 17.7. The van der Waals surface area contributed by atoms with Gasteiger partial charge >= 0.3 is 0 Å². The van der Waals surface area contributed by atoms with Gasteiger partial charge in [0.1, 0.15) is 0 Å². The van der Waals surface area contributed by atoms with Gasteiger partial charge in [0.2, 0.25) is 0 Å². The minimum Gasteiger partial charge on any atom is -0.489 e. The number of rotatable bonds is 6. The number of allylic oxidation sites excluding steroid dienone is 1. The number of hydrogen-bond acceptors (Lipinski definition) is 4. The molecule has 1 saturated carbocycles. The summed E-state index contributed by atoms with van der Waals surface area (Å²) in [4.78, 5) is 2.30. The Hall–Kier alpha value is -1.68. The van der Waals surface area contributed by atoms with E-state index in [0.29, 0.717) is 5.92 Å². The van der Waals surface area contributed by atoms with Gasteiger partial charge < -0.3 is 19.5 Å². The van der Waals surface area contributed by atoms with Gasteiger partial charge in [0, 0.05) is 24.7 Å². The number of aliphatic hydroxyl groups excluding tert-OH is 1. The quantitative estimate of drug-likeness (QED) is 0.839. The smallest absolute Gasteiger partial charge is 0.161 e. The molecule has 1 saturated heterocycles. The molecule has 0 unspecified atom stereocenters. The fourth-order valence-corrected chi connectivity index (χ4v) is 4.37. The Labute approximate surface area is 156 Å². The molecule has 1 aliphatic heterocycles. The van der Waals surface area contributed by atoms with Crippen molar-refractivity contribution < 1.29 is 14.6 Å². The standard InChI is InChI=1S/C22H31NO3/c1-15(2)26-19-7-6-17(12-20(19)25-14-16-4-5-16)22-9-8-18(24)13-21(22)23(3)11-10-22/h6-7,12-13,15-16,18,24H,4-5,8-11,14H2,1-3H3/t18-,22+/m1/s1. The molecule has 4 nitrogen and oxygen atoms in total. The first-order valence-electron chi connectivity index (χ1n) is 10.0. The topological polar surface area (TPSA) is 41.9 Å². The summed E-state index contributed by atoms with van der Waals surface area (Å²) in [5.74, 6) is 2.42. The van der Waals surface area contributed by atoms with Crippen molar-refractivity contribution in [2.24, 2.45) is 5.92 Å². The number of benzene rings is 1. The molecule has 26 heavy (non-hydrogen) atoms. The lowest BCUT2D eigenvalue weighted by Gasteiger charge is -2.37. The summed E-state index contributed by atoms with van der Waals surface area (Å²) >= 11 is 0. The summed E-state index contributed by atoms with van der Waals surface area (Å²) < 4.78 is 12.2. The highest BCUT2D eigenvalue weighted by Gasteiger charge is 2.45. The molecule has 2 fully saturated rings. The van der Waals surface area contributed by atoms with Crippen LogP contribution in [0, 0.1) is 5.92 Å². The summed E-state index contributed by atoms with van der Waals surface area (Å²) in [5.41, 5.74) is 2.56. The van der Waals surface area contributed by atoms with Crippen LogP contribution in [0.1, 0.15) is 51.5 Å². The fourth-order valence-electron chi connectivity index (χ4n) is 4.37. The first-order valence-corrected chi connectivity index (χ1v) is 10.0. The third-order valence-electron chi connectivity index (χ3n) is 6.02. The van der Waals surface area contributed by atoms with Crippen LogP contribution in [0.2, 0.25) is 0 Å². The first-order chi connectivity index (χ1) is 12.5. The lowest BCUT2D eigenvalue weighted by atomic mass is 9.70. The molecule has 1 aromatic carbocycles. The van der Waals surface area contributed by atoms with Crippen molar-refractivity contribution in [1.29, 1.82) is 0 Å². The molecule has 2 atom stereocenters. The highest BCUT2D eigenvalue weighted by Crippen LogP contribution is 2.50. The van der Waals surface area contributed by atoms with Gasteiger partial charge in [-0.05, 0) is 75.6 Å². The average Bonchev–Trinajstić information content (AvgIpc) is 3.38. The number of likely N-dealkylation sites (N-methyl/N-ethyl adjacent to an activating group) is 1. The van der Waals surface area contributed by atoms with E-state index in [1.165, 1.54) is 24.1 Å². The highest BCUT2D eigenvalue weighted by atomic mass is 16.5. The van der Waals surface area contributed by atoms with Crippen LogP contribution in [0.25, 0.3) is 0 Å². The summed E-state index contributed by atoms with van der Waals surface area (Å²) in [5, 5.41) is 10.1. The van der Waals surface area contributed by atoms with E-state index in [0.717, 1.165) is 43.9 Å². The van der Waals surface area contributed by atoms with Gasteiger partial charge in [-0.15, -0.1) is 0 Å². The predicted molar refractivity (Wildman–Crippen MR) is 103 cm³/mol. The zero-order valence-corrected chi connectivity index (χ0v) is 16.2. The second-order valence-corrected chi connectivity index (χ2v) is 8.49. The Balaban J connectivity index is 1.69. The maximum absolute atomic E-state index is 10.1. The molecule has 1 heterocycles. The number of hydrogen-bond donors (Lipinski definition) is 1. The van der Waals surface area contributed by atoms with E-state index in [1.807, 2.05) is 13.8 Å². The monoisotopic (exact) mass is 357 g/mol. The van der Waals surface area contributed by atoms with E-state index in [-0.39, 0.29) is 17.6 Å². The summed E-state index contributed by atoms with van der Waals surface area (Å²) in [6, 6.07) is 6.48. The Bertz CT molecular complexity index is 695. The van der Waals surface area contributed by atoms with Gasteiger partial charge in [0.05, 0.1) is 18.8 Å². The molecule has 0 bridgehead atoms. The number of fused-ring (bicyclic) bond motifs is 1. The van der Waals surface area contributed by atoms with Crippen LogP contribution in [0.4, 0.5) is 0 Å². The molecular formula is C22H31NO3. The van der Waals surface area contributed by atoms with Crippen LogP contribution < -0.4 is 9.47 Å². The molecule has 0 radical (unpaired) electrons. The molecule has 2 aliphatic carbocycles. The Morgan fingerprint density at radius 1 is 1.19 bits per heavy atom. The van der Waals surface area contributed by atoms with Crippen molar-refractivity contribution in [3.8, 4) is 11.5 Å². The van der Waals surface area contributed by atoms with E-state index >= 15 is 0 Å². The number of aliphatic hydroxyl groups is 1. The normalized spacial score (nSPS) is 28.1. The SMILES string of the molecule is CC(C)Oc1ccc([C@@]23CC[C@@H](O)C=C2N(C)CC3)cc1OCC1CC1. The van der Waals surface area contributed by atoms with Crippen LogP contribution in [0.5, 0.6) is 11.5 Å². The molecular weight excluding hydrogens is 326 g/mol. The van der Waals surface area contributed by atoms with E-state index in [9.17, 15) is 5.11 Å². The maximum atomic E-state index is 10.1. The summed E-state index contributed by atoms with van der Waals surface area (Å²) in [7, 11) is 2.13. The lowest BCUT2D eigenvalue weighted by molar-refractivity contribution is 0.181. The molecule has 142 valence electrons. The number of nitrogens with zero attached hydrogens (tertiary/aromatic N) is 1. The second-order valence-electron chi connectivity index (χ2n) is 8.49. The summed E-state index contributed by atoms with van der Waals surface area (Å²) in [6.07, 6.45) is 7.30. The zero-order chi connectivity index (χ0) is 18.3. The molecule has 1 N–H and O–H groups in total. The molecule has 4 heteroatoms. The minimum atomic E-state index is -0.326. The molecule has 0 spiro atoms. The van der Waals surface area contributed by atoms with Crippen molar-refractivity contribution in [2.75, 3.05) is 20.2 Å². The molecule has 4 rings (SSSR count). The van der Waals surface area contributed by atoms with Crippen LogP contribution >= 0.6 is 0 Å². The van der Waals surface area contributed by atoms with Gasteiger partial charge in [0.25, 0.3) is 0 Å². The van der Waals surface area contributed by atoms with Crippen molar-refractivity contribution in [2.45, 2.75) is 63.6 Å². The van der Waals surface area contributed by atoms with Crippen LogP contribution in [-0.4, -0.2) is 42.4 Å². The molecule has 0 aromatic heterocycles. The minimum absolute atomic E-state index is 0.00202. The molecule has 3 aliphatic rings. The number of ether oxygens (including phenoxy) is 2. The largest absolute Gasteiger partial charge is 0.489 e. The fraction of sp³-hybridized carbons (Fsp3) is 0.636. The predicted octanol–water partition coefficient (Wildman–Crippen LogP) is 3.87. The van der Waals surface area contributed by atoms with Crippen molar-refractivity contribution >= 4 is 0 Å². The van der Waals surface area contributed by atoms with E-state index in [4.69, 9.17) is 9.47 Å². The van der Waals surface area contributed by atoms with E-state index in [2.05, 4.69) is 36.2 Å². The lowest BCUT2D eigenvalue weighted by Crippen LogP contribution is -2.33. The second kappa shape index (κ2) is 6.80. The van der Waals surface area contributed by atoms with Crippen molar-refractivity contribution in [3.63, 3.8) is 0 Å². The van der Waals surface area contributed by atoms with Gasteiger partial charge in [-0.25, -0.2) is 0 Å². The van der Waals surface area contributed by atoms with Gasteiger partial charge in [-0.1, -0.05) is 6.07 Å².